The van der Waals surface area contributed by atoms with Crippen LogP contribution >= 0.6 is 15.9 Å². The maximum atomic E-state index is 5.72. The molecule has 1 heterocycles. The number of rotatable bonds is 2. The molecule has 2 nitrogen and oxygen atoms in total. The summed E-state index contributed by atoms with van der Waals surface area (Å²) >= 11 is 3.43. The predicted octanol–water partition coefficient (Wildman–Crippen LogP) is 2.35. The Morgan fingerprint density at radius 3 is 2.25 bits per heavy atom. The van der Waals surface area contributed by atoms with Crippen molar-refractivity contribution in [3.8, 4) is 0 Å². The van der Waals surface area contributed by atoms with Crippen LogP contribution in [0.25, 0.3) is 0 Å². The van der Waals surface area contributed by atoms with Gasteiger partial charge in [-0.3, -0.25) is 0 Å². The van der Waals surface area contributed by atoms with E-state index in [1.807, 2.05) is 0 Å². The molecule has 1 aromatic carbocycles. The Balaban J connectivity index is 2.03. The zero-order valence-corrected chi connectivity index (χ0v) is 11.3. The maximum absolute atomic E-state index is 5.72. The van der Waals surface area contributed by atoms with E-state index in [9.17, 15) is 0 Å². The number of halogens is 1. The number of alkyl halides is 1. The maximum Gasteiger partial charge on any atom is 0.493 e. The van der Waals surface area contributed by atoms with Crippen LogP contribution in [-0.4, -0.2) is 20.3 Å². The van der Waals surface area contributed by atoms with Crippen molar-refractivity contribution in [2.24, 2.45) is 5.41 Å². The smallest absolute Gasteiger partial charge is 0.407 e. The number of benzene rings is 1. The quantitative estimate of drug-likeness (QED) is 0.612. The van der Waals surface area contributed by atoms with E-state index in [2.05, 4.69) is 54.0 Å². The van der Waals surface area contributed by atoms with E-state index in [0.717, 1.165) is 24.0 Å². The van der Waals surface area contributed by atoms with Crippen LogP contribution < -0.4 is 5.46 Å². The zero-order valence-electron chi connectivity index (χ0n) is 9.70. The molecule has 1 aromatic rings. The molecular formula is C12H16BBrO2. The van der Waals surface area contributed by atoms with Gasteiger partial charge in [-0.1, -0.05) is 54.0 Å². The first kappa shape index (κ1) is 12.2. The molecule has 0 spiro atoms. The second-order valence-corrected chi connectivity index (χ2v) is 5.55. The monoisotopic (exact) mass is 282 g/mol. The van der Waals surface area contributed by atoms with Crippen molar-refractivity contribution in [3.63, 3.8) is 0 Å². The molecule has 16 heavy (non-hydrogen) atoms. The van der Waals surface area contributed by atoms with E-state index in [4.69, 9.17) is 9.31 Å². The zero-order chi connectivity index (χ0) is 11.6. The van der Waals surface area contributed by atoms with Crippen LogP contribution in [0.5, 0.6) is 0 Å². The van der Waals surface area contributed by atoms with Crippen molar-refractivity contribution >= 4 is 28.5 Å². The molecule has 1 aliphatic rings. The normalized spacial score (nSPS) is 19.8. The average molecular weight is 283 g/mol. The summed E-state index contributed by atoms with van der Waals surface area (Å²) in [5.74, 6) is 0. The lowest BCUT2D eigenvalue weighted by atomic mass is 9.76. The predicted molar refractivity (Wildman–Crippen MR) is 70.1 cm³/mol. The fourth-order valence-electron chi connectivity index (χ4n) is 1.65. The molecule has 1 saturated heterocycles. The van der Waals surface area contributed by atoms with Gasteiger partial charge in [0.1, 0.15) is 0 Å². The minimum atomic E-state index is -0.197. The second-order valence-electron chi connectivity index (χ2n) is 4.99. The fourth-order valence-corrected chi connectivity index (χ4v) is 2.02. The van der Waals surface area contributed by atoms with E-state index in [1.54, 1.807) is 0 Å². The lowest BCUT2D eigenvalue weighted by Gasteiger charge is -2.33. The minimum Gasteiger partial charge on any atom is -0.407 e. The molecular weight excluding hydrogens is 267 g/mol. The standard InChI is InChI=1S/C12H16BBrO2/c1-12(2)8-15-13(16-9-12)11-5-3-10(7-14)4-6-11/h3-6H,7-9H2,1-2H3. The van der Waals surface area contributed by atoms with Crippen LogP contribution in [-0.2, 0) is 14.6 Å². The van der Waals surface area contributed by atoms with E-state index in [-0.39, 0.29) is 12.5 Å². The van der Waals surface area contributed by atoms with Gasteiger partial charge in [-0.25, -0.2) is 0 Å². The molecule has 0 saturated carbocycles. The molecule has 2 rings (SSSR count). The minimum absolute atomic E-state index is 0.131. The first-order chi connectivity index (χ1) is 7.61. The number of hydrogen-bond donors (Lipinski definition) is 0. The van der Waals surface area contributed by atoms with Crippen molar-refractivity contribution in [2.45, 2.75) is 19.2 Å². The number of hydrogen-bond acceptors (Lipinski definition) is 2. The van der Waals surface area contributed by atoms with Crippen LogP contribution in [0.15, 0.2) is 24.3 Å². The summed E-state index contributed by atoms with van der Waals surface area (Å²) in [7, 11) is -0.197. The van der Waals surface area contributed by atoms with E-state index >= 15 is 0 Å². The first-order valence-electron chi connectivity index (χ1n) is 5.49. The molecule has 1 aliphatic heterocycles. The second kappa shape index (κ2) is 4.90. The summed E-state index contributed by atoms with van der Waals surface area (Å²) in [5, 5.41) is 0.882. The van der Waals surface area contributed by atoms with Crippen LogP contribution in [0.3, 0.4) is 0 Å². The van der Waals surface area contributed by atoms with E-state index in [1.165, 1.54) is 5.56 Å². The average Bonchev–Trinajstić information content (AvgIpc) is 2.29. The molecule has 0 aliphatic carbocycles. The van der Waals surface area contributed by atoms with E-state index < -0.39 is 0 Å². The Labute approximate surface area is 106 Å². The SMILES string of the molecule is CC1(C)COB(c2ccc(CBr)cc2)OC1. The summed E-state index contributed by atoms with van der Waals surface area (Å²) in [6.07, 6.45) is 0. The lowest BCUT2D eigenvalue weighted by Crippen LogP contribution is -2.47. The van der Waals surface area contributed by atoms with Gasteiger partial charge in [0.05, 0.1) is 0 Å². The summed E-state index contributed by atoms with van der Waals surface area (Å²) in [4.78, 5) is 0. The fraction of sp³-hybridized carbons (Fsp3) is 0.500. The molecule has 0 atom stereocenters. The van der Waals surface area contributed by atoms with Crippen LogP contribution in [0, 0.1) is 5.41 Å². The van der Waals surface area contributed by atoms with Crippen LogP contribution in [0.4, 0.5) is 0 Å². The van der Waals surface area contributed by atoms with Crippen LogP contribution in [0.1, 0.15) is 19.4 Å². The highest BCUT2D eigenvalue weighted by atomic mass is 79.9. The Kier molecular flexibility index (Phi) is 3.72. The third-order valence-corrected chi connectivity index (χ3v) is 3.30. The third kappa shape index (κ3) is 2.87. The summed E-state index contributed by atoms with van der Waals surface area (Å²) in [6, 6.07) is 8.33. The highest BCUT2D eigenvalue weighted by Crippen LogP contribution is 2.21. The molecule has 0 aromatic heterocycles. The van der Waals surface area contributed by atoms with Crippen molar-refractivity contribution in [1.29, 1.82) is 0 Å². The molecule has 0 bridgehead atoms. The lowest BCUT2D eigenvalue weighted by molar-refractivity contribution is 0.0343. The molecule has 0 N–H and O–H groups in total. The van der Waals surface area contributed by atoms with E-state index in [0.29, 0.717) is 0 Å². The highest BCUT2D eigenvalue weighted by molar-refractivity contribution is 9.08. The Morgan fingerprint density at radius 1 is 1.19 bits per heavy atom. The summed E-state index contributed by atoms with van der Waals surface area (Å²) in [5.41, 5.74) is 2.49. The summed E-state index contributed by atoms with van der Waals surface area (Å²) in [6.45, 7) is 5.80. The Morgan fingerprint density at radius 2 is 1.75 bits per heavy atom. The van der Waals surface area contributed by atoms with Gasteiger partial charge >= 0.3 is 7.12 Å². The van der Waals surface area contributed by atoms with Gasteiger partial charge in [-0.2, -0.15) is 0 Å². The van der Waals surface area contributed by atoms with Gasteiger partial charge in [0.25, 0.3) is 0 Å². The molecule has 0 radical (unpaired) electrons. The van der Waals surface area contributed by atoms with Gasteiger partial charge in [-0.15, -0.1) is 0 Å². The van der Waals surface area contributed by atoms with Gasteiger partial charge < -0.3 is 9.31 Å². The van der Waals surface area contributed by atoms with Gasteiger partial charge in [0.2, 0.25) is 0 Å². The van der Waals surface area contributed by atoms with Crippen LogP contribution in [0.2, 0.25) is 0 Å². The van der Waals surface area contributed by atoms with Gasteiger partial charge in [0.15, 0.2) is 0 Å². The molecule has 1 fully saturated rings. The van der Waals surface area contributed by atoms with Crippen molar-refractivity contribution < 1.29 is 9.31 Å². The Hall–Kier alpha value is -0.315. The molecule has 86 valence electrons. The van der Waals surface area contributed by atoms with Crippen molar-refractivity contribution in [2.75, 3.05) is 13.2 Å². The van der Waals surface area contributed by atoms with Crippen molar-refractivity contribution in [1.82, 2.24) is 0 Å². The largest absolute Gasteiger partial charge is 0.493 e. The van der Waals surface area contributed by atoms with Gasteiger partial charge in [0, 0.05) is 24.0 Å². The molecule has 0 unspecified atom stereocenters. The van der Waals surface area contributed by atoms with Gasteiger partial charge in [-0.05, 0) is 11.0 Å². The first-order valence-corrected chi connectivity index (χ1v) is 6.61. The highest BCUT2D eigenvalue weighted by Gasteiger charge is 2.33. The third-order valence-electron chi connectivity index (χ3n) is 2.66. The molecule has 4 heteroatoms. The summed E-state index contributed by atoms with van der Waals surface area (Å²) < 4.78 is 11.4. The van der Waals surface area contributed by atoms with Crippen molar-refractivity contribution in [3.05, 3.63) is 29.8 Å². The topological polar surface area (TPSA) is 18.5 Å². The Bertz CT molecular complexity index is 341. The molecule has 0 amide bonds.